The van der Waals surface area contributed by atoms with Gasteiger partial charge in [-0.1, -0.05) is 98.1 Å². The zero-order valence-electron chi connectivity index (χ0n) is 24.8. The summed E-state index contributed by atoms with van der Waals surface area (Å²) in [6.07, 6.45) is 0.0841. The molecule has 0 spiro atoms. The van der Waals surface area contributed by atoms with Crippen molar-refractivity contribution in [3.05, 3.63) is 157 Å². The quantitative estimate of drug-likeness (QED) is 0.104. The van der Waals surface area contributed by atoms with Gasteiger partial charge in [0.1, 0.15) is 50.1 Å². The highest BCUT2D eigenvalue weighted by molar-refractivity contribution is 5.81. The van der Waals surface area contributed by atoms with Crippen molar-refractivity contribution < 1.29 is 38.7 Å². The second-order valence-electron chi connectivity index (χ2n) is 10.1. The van der Waals surface area contributed by atoms with Crippen molar-refractivity contribution >= 4 is 11.9 Å². The Morgan fingerprint density at radius 1 is 0.556 bits per heavy atom. The summed E-state index contributed by atoms with van der Waals surface area (Å²) in [5.74, 6) is -0.131. The lowest BCUT2D eigenvalue weighted by Gasteiger charge is -2.37. The molecule has 0 bridgehead atoms. The highest BCUT2D eigenvalue weighted by atomic mass is 16.6. The topological polar surface area (TPSA) is 112 Å². The molecule has 2 N–H and O–H groups in total. The number of hydrogen-bond acceptors (Lipinski definition) is 8. The van der Waals surface area contributed by atoms with Gasteiger partial charge in [-0.2, -0.15) is 0 Å². The van der Waals surface area contributed by atoms with Crippen molar-refractivity contribution in [2.75, 3.05) is 26.4 Å². The molecule has 2 atom stereocenters. The van der Waals surface area contributed by atoms with E-state index in [1.165, 1.54) is 0 Å². The molecule has 4 rings (SSSR count). The van der Waals surface area contributed by atoms with Crippen LogP contribution in [0.1, 0.15) is 22.3 Å². The SMILES string of the molecule is C=CC(=O)OCC(O)COc1ccc(C(c2ccccc2)(c2ccccc2)c2ccc(OCC(O)COC(=O)C=C)cc2)cc1. The van der Waals surface area contributed by atoms with E-state index in [0.29, 0.717) is 11.5 Å². The maximum Gasteiger partial charge on any atom is 0.330 e. The second-order valence-corrected chi connectivity index (χ2v) is 10.1. The van der Waals surface area contributed by atoms with Gasteiger partial charge in [-0.3, -0.25) is 0 Å². The molecule has 45 heavy (non-hydrogen) atoms. The van der Waals surface area contributed by atoms with E-state index in [2.05, 4.69) is 37.4 Å². The number of hydrogen-bond donors (Lipinski definition) is 2. The summed E-state index contributed by atoms with van der Waals surface area (Å²) < 4.78 is 21.3. The van der Waals surface area contributed by atoms with E-state index in [4.69, 9.17) is 18.9 Å². The van der Waals surface area contributed by atoms with Gasteiger partial charge >= 0.3 is 11.9 Å². The molecule has 2 unspecified atom stereocenters. The molecule has 0 saturated carbocycles. The Kier molecular flexibility index (Phi) is 11.7. The van der Waals surface area contributed by atoms with Crippen molar-refractivity contribution in [2.45, 2.75) is 17.6 Å². The average molecular weight is 609 g/mol. The summed E-state index contributed by atoms with van der Waals surface area (Å²) >= 11 is 0. The Labute approximate surface area is 262 Å². The molecular formula is C37H36O8. The summed E-state index contributed by atoms with van der Waals surface area (Å²) in [7, 11) is 0. The summed E-state index contributed by atoms with van der Waals surface area (Å²) in [4.78, 5) is 22.6. The second kappa shape index (κ2) is 16.0. The highest BCUT2D eigenvalue weighted by Gasteiger charge is 2.38. The number of aliphatic hydroxyl groups excluding tert-OH is 2. The molecule has 8 heteroatoms. The molecule has 0 aromatic heterocycles. The summed E-state index contributed by atoms with van der Waals surface area (Å²) in [5, 5.41) is 20.3. The molecule has 8 nitrogen and oxygen atoms in total. The van der Waals surface area contributed by atoms with Gasteiger partial charge in [0.15, 0.2) is 0 Å². The van der Waals surface area contributed by atoms with Crippen LogP contribution in [-0.2, 0) is 24.5 Å². The van der Waals surface area contributed by atoms with Gasteiger partial charge in [0.05, 0.1) is 5.41 Å². The first-order chi connectivity index (χ1) is 21.9. The molecule has 0 aliphatic heterocycles. The summed E-state index contributed by atoms with van der Waals surface area (Å²) in [5.41, 5.74) is 3.30. The van der Waals surface area contributed by atoms with Gasteiger partial charge in [-0.15, -0.1) is 0 Å². The first-order valence-electron chi connectivity index (χ1n) is 14.4. The van der Waals surface area contributed by atoms with Crippen molar-refractivity contribution in [3.8, 4) is 11.5 Å². The fraction of sp³-hybridized carbons (Fsp3) is 0.189. The third-order valence-corrected chi connectivity index (χ3v) is 7.04. The standard InChI is InChI=1S/C37H36O8/c1-3-35(40)44-25-31(38)23-42-33-19-15-29(16-20-33)37(27-11-7-5-8-12-27,28-13-9-6-10-14-28)30-17-21-34(22-18-30)43-24-32(39)26-45-36(41)4-2/h3-22,31-32,38-39H,1-2,23-26H2. The molecule has 0 fully saturated rings. The molecule has 4 aromatic carbocycles. The number of carbonyl (C=O) groups excluding carboxylic acids is 2. The van der Waals surface area contributed by atoms with Crippen LogP contribution < -0.4 is 9.47 Å². The average Bonchev–Trinajstić information content (AvgIpc) is 3.10. The van der Waals surface area contributed by atoms with Gasteiger partial charge in [0.25, 0.3) is 0 Å². The fourth-order valence-corrected chi connectivity index (χ4v) is 4.93. The number of esters is 2. The van der Waals surface area contributed by atoms with Gasteiger partial charge in [0.2, 0.25) is 0 Å². The van der Waals surface area contributed by atoms with E-state index in [-0.39, 0.29) is 26.4 Å². The molecule has 0 aliphatic rings. The Hall–Kier alpha value is -5.18. The number of carbonyl (C=O) groups is 2. The van der Waals surface area contributed by atoms with Crippen molar-refractivity contribution in [1.82, 2.24) is 0 Å². The lowest BCUT2D eigenvalue weighted by molar-refractivity contribution is -0.142. The van der Waals surface area contributed by atoms with E-state index in [1.54, 1.807) is 0 Å². The third kappa shape index (κ3) is 8.47. The van der Waals surface area contributed by atoms with Gasteiger partial charge < -0.3 is 29.2 Å². The molecule has 0 amide bonds. The van der Waals surface area contributed by atoms with Crippen LogP contribution in [0.25, 0.3) is 0 Å². The fourth-order valence-electron chi connectivity index (χ4n) is 4.93. The zero-order chi connectivity index (χ0) is 32.1. The monoisotopic (exact) mass is 608 g/mol. The molecule has 0 aliphatic carbocycles. The van der Waals surface area contributed by atoms with Crippen LogP contribution in [0, 0.1) is 0 Å². The van der Waals surface area contributed by atoms with Crippen LogP contribution in [0.4, 0.5) is 0 Å². The smallest absolute Gasteiger partial charge is 0.330 e. The van der Waals surface area contributed by atoms with E-state index in [9.17, 15) is 19.8 Å². The van der Waals surface area contributed by atoms with Crippen molar-refractivity contribution in [1.29, 1.82) is 0 Å². The summed E-state index contributed by atoms with van der Waals surface area (Å²) in [6.45, 7) is 6.17. The van der Waals surface area contributed by atoms with Crippen LogP contribution in [0.5, 0.6) is 11.5 Å². The minimum absolute atomic E-state index is 0.0564. The maximum atomic E-state index is 11.3. The molecular weight excluding hydrogens is 572 g/mol. The van der Waals surface area contributed by atoms with E-state index in [0.717, 1.165) is 34.4 Å². The number of benzene rings is 4. The first-order valence-corrected chi connectivity index (χ1v) is 14.4. The minimum Gasteiger partial charge on any atom is -0.491 e. The van der Waals surface area contributed by atoms with E-state index >= 15 is 0 Å². The first kappa shape index (κ1) is 32.7. The number of rotatable bonds is 16. The van der Waals surface area contributed by atoms with Crippen LogP contribution in [0.3, 0.4) is 0 Å². The Morgan fingerprint density at radius 2 is 0.889 bits per heavy atom. The molecule has 0 saturated heterocycles. The van der Waals surface area contributed by atoms with Crippen LogP contribution in [0.15, 0.2) is 135 Å². The largest absolute Gasteiger partial charge is 0.491 e. The van der Waals surface area contributed by atoms with Crippen LogP contribution in [-0.4, -0.2) is 60.8 Å². The van der Waals surface area contributed by atoms with E-state index in [1.807, 2.05) is 84.9 Å². The van der Waals surface area contributed by atoms with Gasteiger partial charge in [-0.05, 0) is 46.5 Å². The highest BCUT2D eigenvalue weighted by Crippen LogP contribution is 2.45. The van der Waals surface area contributed by atoms with Gasteiger partial charge in [-0.25, -0.2) is 9.59 Å². The number of ether oxygens (including phenoxy) is 4. The number of aliphatic hydroxyl groups is 2. The predicted molar refractivity (Wildman–Crippen MR) is 170 cm³/mol. The normalized spacial score (nSPS) is 12.3. The van der Waals surface area contributed by atoms with Crippen molar-refractivity contribution in [3.63, 3.8) is 0 Å². The maximum absolute atomic E-state index is 11.3. The molecule has 0 heterocycles. The Balaban J connectivity index is 1.64. The van der Waals surface area contributed by atoms with Crippen molar-refractivity contribution in [2.24, 2.45) is 0 Å². The van der Waals surface area contributed by atoms with Crippen LogP contribution >= 0.6 is 0 Å². The van der Waals surface area contributed by atoms with Crippen LogP contribution in [0.2, 0.25) is 0 Å². The molecule has 232 valence electrons. The van der Waals surface area contributed by atoms with E-state index < -0.39 is 29.6 Å². The minimum atomic E-state index is -0.995. The zero-order valence-corrected chi connectivity index (χ0v) is 24.8. The van der Waals surface area contributed by atoms with Gasteiger partial charge in [0, 0.05) is 12.2 Å². The summed E-state index contributed by atoms with van der Waals surface area (Å²) in [6, 6.07) is 35.6. The molecule has 4 aromatic rings. The Bertz CT molecular complexity index is 1410. The Morgan fingerprint density at radius 3 is 1.22 bits per heavy atom. The molecule has 0 radical (unpaired) electrons. The lowest BCUT2D eigenvalue weighted by Crippen LogP contribution is -2.31. The predicted octanol–water partition coefficient (Wildman–Crippen LogP) is 5.01. The third-order valence-electron chi connectivity index (χ3n) is 7.04. The lowest BCUT2D eigenvalue weighted by atomic mass is 9.65.